The predicted molar refractivity (Wildman–Crippen MR) is 56.9 cm³/mol. The Bertz CT molecular complexity index is 375. The molecule has 16 heavy (non-hydrogen) atoms. The summed E-state index contributed by atoms with van der Waals surface area (Å²) < 4.78 is 4.85. The number of hydrogen-bond acceptors (Lipinski definition) is 4. The summed E-state index contributed by atoms with van der Waals surface area (Å²) in [5.41, 5.74) is 0.696. The zero-order valence-electron chi connectivity index (χ0n) is 9.27. The van der Waals surface area contributed by atoms with E-state index in [0.29, 0.717) is 18.2 Å². The van der Waals surface area contributed by atoms with Crippen molar-refractivity contribution in [3.63, 3.8) is 0 Å². The third-order valence-electron chi connectivity index (χ3n) is 2.92. The van der Waals surface area contributed by atoms with Gasteiger partial charge in [0, 0.05) is 12.6 Å². The minimum absolute atomic E-state index is 0.200. The van der Waals surface area contributed by atoms with Crippen molar-refractivity contribution in [2.45, 2.75) is 32.3 Å². The first kappa shape index (κ1) is 11.1. The Hall–Kier alpha value is -1.36. The topological polar surface area (TPSA) is 75.4 Å². The number of carbonyl (C=O) groups excluding carboxylic acids is 1. The summed E-state index contributed by atoms with van der Waals surface area (Å²) in [7, 11) is 0. The van der Waals surface area contributed by atoms with Crippen molar-refractivity contribution in [1.29, 1.82) is 0 Å². The molecule has 2 N–H and O–H groups in total. The van der Waals surface area contributed by atoms with Crippen LogP contribution >= 0.6 is 0 Å². The zero-order chi connectivity index (χ0) is 11.5. The molecule has 1 heterocycles. The number of nitrogens with zero attached hydrogens (tertiary/aromatic N) is 1. The molecule has 88 valence electrons. The molecule has 1 aromatic heterocycles. The molecule has 1 aliphatic carbocycles. The monoisotopic (exact) mass is 224 g/mol. The number of amides is 1. The summed E-state index contributed by atoms with van der Waals surface area (Å²) in [5, 5.41) is 15.8. The van der Waals surface area contributed by atoms with Crippen molar-refractivity contribution < 1.29 is 14.4 Å². The summed E-state index contributed by atoms with van der Waals surface area (Å²) in [5.74, 6) is 0.390. The Morgan fingerprint density at radius 1 is 1.69 bits per heavy atom. The second-order valence-electron chi connectivity index (χ2n) is 4.38. The van der Waals surface area contributed by atoms with E-state index in [2.05, 4.69) is 10.5 Å². The third-order valence-corrected chi connectivity index (χ3v) is 2.92. The Labute approximate surface area is 93.8 Å². The number of nitrogens with one attached hydrogen (secondary N) is 1. The number of hydrogen-bond donors (Lipinski definition) is 2. The standard InChI is InChI=1S/C11H16N2O3/c1-7-4-10(16-13-7)11(15)12-6-8-2-3-9(14)5-8/h4,8-9,14H,2-3,5-6H2,1H3,(H,12,15). The van der Waals surface area contributed by atoms with Crippen LogP contribution in [0.4, 0.5) is 0 Å². The predicted octanol–water partition coefficient (Wildman–Crippen LogP) is 0.874. The maximum atomic E-state index is 11.6. The van der Waals surface area contributed by atoms with Crippen LogP contribution in [0.1, 0.15) is 35.5 Å². The van der Waals surface area contributed by atoms with E-state index in [1.54, 1.807) is 13.0 Å². The van der Waals surface area contributed by atoms with Gasteiger partial charge in [-0.05, 0) is 32.1 Å². The van der Waals surface area contributed by atoms with E-state index in [-0.39, 0.29) is 17.8 Å². The molecule has 2 unspecified atom stereocenters. The molecular weight excluding hydrogens is 208 g/mol. The summed E-state index contributed by atoms with van der Waals surface area (Å²) >= 11 is 0. The number of aryl methyl sites for hydroxylation is 1. The lowest BCUT2D eigenvalue weighted by molar-refractivity contribution is 0.0908. The van der Waals surface area contributed by atoms with Gasteiger partial charge in [-0.3, -0.25) is 4.79 Å². The van der Waals surface area contributed by atoms with Gasteiger partial charge in [-0.1, -0.05) is 5.16 Å². The molecule has 1 fully saturated rings. The summed E-state index contributed by atoms with van der Waals surface area (Å²) in [6.45, 7) is 2.36. The Balaban J connectivity index is 1.80. The number of rotatable bonds is 3. The normalized spacial score (nSPS) is 24.6. The van der Waals surface area contributed by atoms with Crippen molar-refractivity contribution in [3.05, 3.63) is 17.5 Å². The number of aliphatic hydroxyl groups excluding tert-OH is 1. The van der Waals surface area contributed by atoms with E-state index in [1.165, 1.54) is 0 Å². The first-order valence-corrected chi connectivity index (χ1v) is 5.54. The van der Waals surface area contributed by atoms with Crippen molar-refractivity contribution in [2.24, 2.45) is 5.92 Å². The van der Waals surface area contributed by atoms with Gasteiger partial charge in [-0.2, -0.15) is 0 Å². The first-order chi connectivity index (χ1) is 7.65. The number of aromatic nitrogens is 1. The molecular formula is C11H16N2O3. The summed E-state index contributed by atoms with van der Waals surface area (Å²) in [4.78, 5) is 11.6. The quantitative estimate of drug-likeness (QED) is 0.799. The van der Waals surface area contributed by atoms with Gasteiger partial charge in [-0.15, -0.1) is 0 Å². The van der Waals surface area contributed by atoms with Crippen LogP contribution in [0.3, 0.4) is 0 Å². The molecule has 2 rings (SSSR count). The van der Waals surface area contributed by atoms with Crippen LogP contribution in [0.25, 0.3) is 0 Å². The van der Waals surface area contributed by atoms with Crippen LogP contribution in [-0.4, -0.2) is 28.8 Å². The molecule has 1 saturated carbocycles. The van der Waals surface area contributed by atoms with Crippen LogP contribution in [0.15, 0.2) is 10.6 Å². The molecule has 0 radical (unpaired) electrons. The van der Waals surface area contributed by atoms with E-state index in [0.717, 1.165) is 19.3 Å². The number of aliphatic hydroxyl groups is 1. The van der Waals surface area contributed by atoms with E-state index in [9.17, 15) is 9.90 Å². The van der Waals surface area contributed by atoms with Crippen LogP contribution in [0.2, 0.25) is 0 Å². The van der Waals surface area contributed by atoms with Crippen LogP contribution in [0, 0.1) is 12.8 Å². The van der Waals surface area contributed by atoms with Gasteiger partial charge in [0.25, 0.3) is 5.91 Å². The highest BCUT2D eigenvalue weighted by atomic mass is 16.5. The zero-order valence-corrected chi connectivity index (χ0v) is 9.27. The van der Waals surface area contributed by atoms with Gasteiger partial charge in [-0.25, -0.2) is 0 Å². The Morgan fingerprint density at radius 2 is 2.50 bits per heavy atom. The molecule has 1 aliphatic rings. The lowest BCUT2D eigenvalue weighted by Gasteiger charge is -2.09. The van der Waals surface area contributed by atoms with E-state index in [1.807, 2.05) is 0 Å². The van der Waals surface area contributed by atoms with Crippen molar-refractivity contribution >= 4 is 5.91 Å². The SMILES string of the molecule is Cc1cc(C(=O)NCC2CCC(O)C2)on1. The van der Waals surface area contributed by atoms with Gasteiger partial charge in [0.1, 0.15) is 0 Å². The summed E-state index contributed by atoms with van der Waals surface area (Å²) in [6.07, 6.45) is 2.38. The Morgan fingerprint density at radius 3 is 3.06 bits per heavy atom. The maximum Gasteiger partial charge on any atom is 0.289 e. The molecule has 2 atom stereocenters. The second-order valence-corrected chi connectivity index (χ2v) is 4.38. The van der Waals surface area contributed by atoms with Crippen LogP contribution < -0.4 is 5.32 Å². The first-order valence-electron chi connectivity index (χ1n) is 5.54. The minimum Gasteiger partial charge on any atom is -0.393 e. The van der Waals surface area contributed by atoms with Gasteiger partial charge in [0.2, 0.25) is 5.76 Å². The highest BCUT2D eigenvalue weighted by Gasteiger charge is 2.23. The fourth-order valence-corrected chi connectivity index (χ4v) is 2.03. The van der Waals surface area contributed by atoms with Gasteiger partial charge >= 0.3 is 0 Å². The van der Waals surface area contributed by atoms with E-state index >= 15 is 0 Å². The van der Waals surface area contributed by atoms with Gasteiger partial charge in [0.15, 0.2) is 0 Å². The lowest BCUT2D eigenvalue weighted by Crippen LogP contribution is -2.28. The smallest absolute Gasteiger partial charge is 0.289 e. The lowest BCUT2D eigenvalue weighted by atomic mass is 10.1. The molecule has 0 aliphatic heterocycles. The van der Waals surface area contributed by atoms with Crippen molar-refractivity contribution in [3.8, 4) is 0 Å². The molecule has 0 spiro atoms. The highest BCUT2D eigenvalue weighted by molar-refractivity contribution is 5.91. The maximum absolute atomic E-state index is 11.6. The van der Waals surface area contributed by atoms with Crippen LogP contribution in [0.5, 0.6) is 0 Å². The molecule has 5 nitrogen and oxygen atoms in total. The van der Waals surface area contributed by atoms with Gasteiger partial charge < -0.3 is 14.9 Å². The average Bonchev–Trinajstić information content (AvgIpc) is 2.84. The summed E-state index contributed by atoms with van der Waals surface area (Å²) in [6, 6.07) is 1.61. The molecule has 0 bridgehead atoms. The second kappa shape index (κ2) is 4.65. The molecule has 0 aromatic carbocycles. The molecule has 1 aromatic rings. The highest BCUT2D eigenvalue weighted by Crippen LogP contribution is 2.24. The largest absolute Gasteiger partial charge is 0.393 e. The third kappa shape index (κ3) is 2.61. The van der Waals surface area contributed by atoms with Crippen molar-refractivity contribution in [1.82, 2.24) is 10.5 Å². The Kier molecular flexibility index (Phi) is 3.24. The van der Waals surface area contributed by atoms with E-state index in [4.69, 9.17) is 4.52 Å². The number of carbonyl (C=O) groups is 1. The molecule has 5 heteroatoms. The molecule has 0 saturated heterocycles. The minimum atomic E-state index is -0.234. The fourth-order valence-electron chi connectivity index (χ4n) is 2.03. The van der Waals surface area contributed by atoms with Gasteiger partial charge in [0.05, 0.1) is 11.8 Å². The van der Waals surface area contributed by atoms with E-state index < -0.39 is 0 Å². The van der Waals surface area contributed by atoms with Crippen LogP contribution in [-0.2, 0) is 0 Å². The average molecular weight is 224 g/mol. The fraction of sp³-hybridized carbons (Fsp3) is 0.636. The molecule has 1 amide bonds. The van der Waals surface area contributed by atoms with Crippen molar-refractivity contribution in [2.75, 3.05) is 6.54 Å².